The molecule has 100 valence electrons. The summed E-state index contributed by atoms with van der Waals surface area (Å²) < 4.78 is 21.6. The predicted molar refractivity (Wildman–Crippen MR) is 68.6 cm³/mol. The second-order valence-corrected chi connectivity index (χ2v) is 5.22. The molecule has 1 rings (SSSR count). The fourth-order valence-corrected chi connectivity index (χ4v) is 2.08. The Kier molecular flexibility index (Phi) is 6.38. The van der Waals surface area contributed by atoms with E-state index in [9.17, 15) is 9.00 Å². The standard InChI is InChI=1S/C12H16O5S/c1-16-5-7-18(15)8-6-17-11-4-2-3-10(9-11)12(13)14/h2-4,9H,5-8H2,1H3,(H,13,14). The topological polar surface area (TPSA) is 72.8 Å². The van der Waals surface area contributed by atoms with E-state index in [1.807, 2.05) is 0 Å². The van der Waals surface area contributed by atoms with E-state index in [2.05, 4.69) is 0 Å². The molecule has 1 atom stereocenters. The second kappa shape index (κ2) is 7.84. The molecule has 0 spiro atoms. The number of carbonyl (C=O) groups is 1. The molecule has 18 heavy (non-hydrogen) atoms. The Morgan fingerprint density at radius 3 is 2.72 bits per heavy atom. The molecule has 1 aromatic rings. The van der Waals surface area contributed by atoms with Crippen LogP contribution in [0.4, 0.5) is 0 Å². The largest absolute Gasteiger partial charge is 0.493 e. The lowest BCUT2D eigenvalue weighted by atomic mass is 10.2. The van der Waals surface area contributed by atoms with E-state index in [1.165, 1.54) is 12.1 Å². The smallest absolute Gasteiger partial charge is 0.335 e. The predicted octanol–water partition coefficient (Wildman–Crippen LogP) is 1.16. The Hall–Kier alpha value is -1.40. The number of methoxy groups -OCH3 is 1. The number of hydrogen-bond acceptors (Lipinski definition) is 4. The first-order valence-corrected chi connectivity index (χ1v) is 6.92. The van der Waals surface area contributed by atoms with Crippen LogP contribution in [0.15, 0.2) is 24.3 Å². The van der Waals surface area contributed by atoms with Crippen LogP contribution in [0.25, 0.3) is 0 Å². The Morgan fingerprint density at radius 2 is 2.06 bits per heavy atom. The molecule has 1 unspecified atom stereocenters. The van der Waals surface area contributed by atoms with Crippen LogP contribution >= 0.6 is 0 Å². The summed E-state index contributed by atoms with van der Waals surface area (Å²) in [7, 11) is 0.587. The summed E-state index contributed by atoms with van der Waals surface area (Å²) in [6, 6.07) is 6.22. The van der Waals surface area contributed by atoms with E-state index in [1.54, 1.807) is 19.2 Å². The van der Waals surface area contributed by atoms with Gasteiger partial charge in [0.25, 0.3) is 0 Å². The molecule has 0 radical (unpaired) electrons. The molecular formula is C12H16O5S. The number of benzene rings is 1. The summed E-state index contributed by atoms with van der Waals surface area (Å²) in [5, 5.41) is 8.80. The van der Waals surface area contributed by atoms with Gasteiger partial charge in [0.05, 0.1) is 24.5 Å². The minimum Gasteiger partial charge on any atom is -0.493 e. The lowest BCUT2D eigenvalue weighted by molar-refractivity contribution is 0.0696. The molecule has 0 saturated carbocycles. The zero-order valence-corrected chi connectivity index (χ0v) is 10.9. The van der Waals surface area contributed by atoms with Gasteiger partial charge < -0.3 is 14.6 Å². The summed E-state index contributed by atoms with van der Waals surface area (Å²) in [4.78, 5) is 10.7. The first-order valence-electron chi connectivity index (χ1n) is 5.43. The maximum absolute atomic E-state index is 11.4. The van der Waals surface area contributed by atoms with Crippen molar-refractivity contribution in [2.24, 2.45) is 0 Å². The number of ether oxygens (including phenoxy) is 2. The Morgan fingerprint density at radius 1 is 1.33 bits per heavy atom. The summed E-state index contributed by atoms with van der Waals surface area (Å²) in [6.45, 7) is 0.751. The molecule has 0 aromatic heterocycles. The van der Waals surface area contributed by atoms with Crippen molar-refractivity contribution in [1.82, 2.24) is 0 Å². The molecule has 0 aliphatic heterocycles. The van der Waals surface area contributed by atoms with E-state index in [0.29, 0.717) is 30.5 Å². The maximum atomic E-state index is 11.4. The SMILES string of the molecule is COCCS(=O)CCOc1cccc(C(=O)O)c1. The van der Waals surface area contributed by atoms with Crippen molar-refractivity contribution < 1.29 is 23.6 Å². The lowest BCUT2D eigenvalue weighted by Gasteiger charge is -2.06. The van der Waals surface area contributed by atoms with Crippen molar-refractivity contribution in [3.05, 3.63) is 29.8 Å². The maximum Gasteiger partial charge on any atom is 0.335 e. The zero-order chi connectivity index (χ0) is 13.4. The van der Waals surface area contributed by atoms with Crippen molar-refractivity contribution in [3.63, 3.8) is 0 Å². The summed E-state index contributed by atoms with van der Waals surface area (Å²) >= 11 is 0. The molecule has 6 heteroatoms. The van der Waals surface area contributed by atoms with E-state index in [-0.39, 0.29) is 5.56 Å². The average Bonchev–Trinajstić information content (AvgIpc) is 2.36. The molecule has 0 aliphatic rings. The van der Waals surface area contributed by atoms with Crippen LogP contribution in [0.3, 0.4) is 0 Å². The van der Waals surface area contributed by atoms with Crippen molar-refractivity contribution >= 4 is 16.8 Å². The second-order valence-electron chi connectivity index (χ2n) is 3.52. The van der Waals surface area contributed by atoms with Gasteiger partial charge in [-0.05, 0) is 18.2 Å². The van der Waals surface area contributed by atoms with Crippen LogP contribution in [0.5, 0.6) is 5.75 Å². The molecular weight excluding hydrogens is 256 g/mol. The highest BCUT2D eigenvalue weighted by molar-refractivity contribution is 7.85. The van der Waals surface area contributed by atoms with Gasteiger partial charge in [-0.3, -0.25) is 4.21 Å². The highest BCUT2D eigenvalue weighted by Crippen LogP contribution is 2.13. The molecule has 5 nitrogen and oxygen atoms in total. The summed E-state index contributed by atoms with van der Waals surface area (Å²) in [6.07, 6.45) is 0. The van der Waals surface area contributed by atoms with Crippen LogP contribution in [0, 0.1) is 0 Å². The van der Waals surface area contributed by atoms with E-state index < -0.39 is 16.8 Å². The quantitative estimate of drug-likeness (QED) is 0.768. The Labute approximate surface area is 108 Å². The summed E-state index contributed by atoms with van der Waals surface area (Å²) in [5.74, 6) is 0.359. The van der Waals surface area contributed by atoms with Crippen molar-refractivity contribution in [3.8, 4) is 5.75 Å². The third-order valence-corrected chi connectivity index (χ3v) is 3.42. The normalized spacial score (nSPS) is 12.1. The minimum absolute atomic E-state index is 0.174. The lowest BCUT2D eigenvalue weighted by Crippen LogP contribution is -2.13. The molecule has 1 aromatic carbocycles. The van der Waals surface area contributed by atoms with Crippen LogP contribution in [0.2, 0.25) is 0 Å². The van der Waals surface area contributed by atoms with E-state index in [4.69, 9.17) is 14.6 Å². The summed E-state index contributed by atoms with van der Waals surface area (Å²) in [5.41, 5.74) is 0.174. The average molecular weight is 272 g/mol. The number of rotatable bonds is 8. The van der Waals surface area contributed by atoms with Gasteiger partial charge >= 0.3 is 5.97 Å². The fourth-order valence-electron chi connectivity index (χ4n) is 1.25. The van der Waals surface area contributed by atoms with Gasteiger partial charge in [-0.15, -0.1) is 0 Å². The van der Waals surface area contributed by atoms with Gasteiger partial charge in [0, 0.05) is 23.7 Å². The van der Waals surface area contributed by atoms with Gasteiger partial charge in [0.1, 0.15) is 5.75 Å². The van der Waals surface area contributed by atoms with Crippen LogP contribution in [-0.4, -0.2) is 47.1 Å². The van der Waals surface area contributed by atoms with Gasteiger partial charge in [0.15, 0.2) is 0 Å². The molecule has 0 aliphatic carbocycles. The van der Waals surface area contributed by atoms with Crippen molar-refractivity contribution in [2.45, 2.75) is 0 Å². The Balaban J connectivity index is 2.37. The number of aromatic carboxylic acids is 1. The van der Waals surface area contributed by atoms with E-state index >= 15 is 0 Å². The van der Waals surface area contributed by atoms with Crippen molar-refractivity contribution in [1.29, 1.82) is 0 Å². The van der Waals surface area contributed by atoms with Gasteiger partial charge in [-0.1, -0.05) is 6.07 Å². The highest BCUT2D eigenvalue weighted by atomic mass is 32.2. The van der Waals surface area contributed by atoms with Gasteiger partial charge in [-0.25, -0.2) is 4.79 Å². The van der Waals surface area contributed by atoms with Crippen LogP contribution < -0.4 is 4.74 Å². The monoisotopic (exact) mass is 272 g/mol. The molecule has 0 amide bonds. The van der Waals surface area contributed by atoms with E-state index in [0.717, 1.165) is 0 Å². The molecule has 0 heterocycles. The number of carboxylic acid groups (broad SMARTS) is 1. The number of hydrogen-bond donors (Lipinski definition) is 1. The van der Waals surface area contributed by atoms with Crippen LogP contribution in [-0.2, 0) is 15.5 Å². The Bertz CT molecular complexity index is 419. The first-order chi connectivity index (χ1) is 8.63. The zero-order valence-electron chi connectivity index (χ0n) is 10.1. The third kappa shape index (κ3) is 5.29. The first kappa shape index (κ1) is 14.7. The molecule has 0 fully saturated rings. The molecule has 0 saturated heterocycles. The molecule has 1 N–H and O–H groups in total. The number of carboxylic acids is 1. The fraction of sp³-hybridized carbons (Fsp3) is 0.417. The van der Waals surface area contributed by atoms with Crippen molar-refractivity contribution in [2.75, 3.05) is 31.8 Å². The van der Waals surface area contributed by atoms with Gasteiger partial charge in [-0.2, -0.15) is 0 Å². The highest BCUT2D eigenvalue weighted by Gasteiger charge is 2.04. The van der Waals surface area contributed by atoms with Gasteiger partial charge in [0.2, 0.25) is 0 Å². The molecule has 0 bridgehead atoms. The third-order valence-electron chi connectivity index (χ3n) is 2.18. The minimum atomic E-state index is -0.996. The van der Waals surface area contributed by atoms with Crippen LogP contribution in [0.1, 0.15) is 10.4 Å².